The van der Waals surface area contributed by atoms with Crippen molar-refractivity contribution >= 4 is 16.9 Å². The molecule has 1 saturated carbocycles. The van der Waals surface area contributed by atoms with Crippen molar-refractivity contribution in [3.63, 3.8) is 0 Å². The van der Waals surface area contributed by atoms with Gasteiger partial charge in [0.25, 0.3) is 0 Å². The summed E-state index contributed by atoms with van der Waals surface area (Å²) in [7, 11) is 0. The quantitative estimate of drug-likeness (QED) is 0.763. The number of H-pyrrole nitrogens is 1. The molecule has 0 atom stereocenters. The highest BCUT2D eigenvalue weighted by molar-refractivity contribution is 5.90. The zero-order valence-corrected chi connectivity index (χ0v) is 8.16. The highest BCUT2D eigenvalue weighted by atomic mass is 16.1. The summed E-state index contributed by atoms with van der Waals surface area (Å²) in [5.41, 5.74) is 6.52. The fourth-order valence-electron chi connectivity index (χ4n) is 1.95. The van der Waals surface area contributed by atoms with Gasteiger partial charge in [-0.2, -0.15) is 0 Å². The van der Waals surface area contributed by atoms with Crippen LogP contribution < -0.4 is 5.73 Å². The minimum atomic E-state index is -0.487. The molecule has 15 heavy (non-hydrogen) atoms. The number of nitrogens with zero attached hydrogens (tertiary/aromatic N) is 1. The van der Waals surface area contributed by atoms with E-state index in [2.05, 4.69) is 9.97 Å². The van der Waals surface area contributed by atoms with Crippen molar-refractivity contribution in [1.82, 2.24) is 9.97 Å². The SMILES string of the molecule is NC(=O)C1(c2ccc3cc[nH]c3n2)CC1. The van der Waals surface area contributed by atoms with Gasteiger partial charge in [-0.3, -0.25) is 4.79 Å². The van der Waals surface area contributed by atoms with Gasteiger partial charge in [0, 0.05) is 11.6 Å². The van der Waals surface area contributed by atoms with E-state index in [1.807, 2.05) is 24.4 Å². The van der Waals surface area contributed by atoms with Gasteiger partial charge in [-0.15, -0.1) is 0 Å². The number of carbonyl (C=O) groups excluding carboxylic acids is 1. The van der Waals surface area contributed by atoms with Crippen LogP contribution in [0.2, 0.25) is 0 Å². The van der Waals surface area contributed by atoms with Gasteiger partial charge in [0.1, 0.15) is 5.65 Å². The van der Waals surface area contributed by atoms with Crippen LogP contribution in [0.25, 0.3) is 11.0 Å². The first-order chi connectivity index (χ1) is 7.22. The molecule has 0 spiro atoms. The second-order valence-electron chi connectivity index (χ2n) is 4.06. The lowest BCUT2D eigenvalue weighted by molar-refractivity contribution is -0.120. The molecule has 3 N–H and O–H groups in total. The molecule has 1 fully saturated rings. The number of fused-ring (bicyclic) bond motifs is 1. The highest BCUT2D eigenvalue weighted by Crippen LogP contribution is 2.47. The van der Waals surface area contributed by atoms with Crippen LogP contribution in [0.5, 0.6) is 0 Å². The minimum absolute atomic E-state index is 0.263. The third-order valence-electron chi connectivity index (χ3n) is 3.12. The Morgan fingerprint density at radius 2 is 2.20 bits per heavy atom. The monoisotopic (exact) mass is 201 g/mol. The Morgan fingerprint density at radius 1 is 1.40 bits per heavy atom. The van der Waals surface area contributed by atoms with Crippen molar-refractivity contribution in [3.8, 4) is 0 Å². The number of hydrogen-bond acceptors (Lipinski definition) is 2. The Kier molecular flexibility index (Phi) is 1.46. The molecule has 76 valence electrons. The van der Waals surface area contributed by atoms with Gasteiger partial charge < -0.3 is 10.7 Å². The van der Waals surface area contributed by atoms with Crippen LogP contribution in [0.4, 0.5) is 0 Å². The Hall–Kier alpha value is -1.84. The zero-order chi connectivity index (χ0) is 10.5. The Morgan fingerprint density at radius 3 is 2.87 bits per heavy atom. The number of nitrogens with two attached hydrogens (primary N) is 1. The summed E-state index contributed by atoms with van der Waals surface area (Å²) in [6.45, 7) is 0. The number of rotatable bonds is 2. The highest BCUT2D eigenvalue weighted by Gasteiger charge is 2.51. The van der Waals surface area contributed by atoms with Crippen LogP contribution in [0.1, 0.15) is 18.5 Å². The van der Waals surface area contributed by atoms with E-state index in [4.69, 9.17) is 5.73 Å². The van der Waals surface area contributed by atoms with E-state index in [1.165, 1.54) is 0 Å². The standard InChI is InChI=1S/C11H11N3O/c12-10(15)11(4-5-11)8-2-1-7-3-6-13-9(7)14-8/h1-3,6H,4-5H2,(H2,12,15)(H,13,14). The van der Waals surface area contributed by atoms with Crippen LogP contribution in [0.3, 0.4) is 0 Å². The first-order valence-corrected chi connectivity index (χ1v) is 4.97. The fraction of sp³-hybridized carbons (Fsp3) is 0.273. The predicted octanol–water partition coefficient (Wildman–Crippen LogP) is 1.08. The number of pyridine rings is 1. The Bertz CT molecular complexity index is 540. The van der Waals surface area contributed by atoms with E-state index in [0.717, 1.165) is 29.6 Å². The molecule has 4 nitrogen and oxygen atoms in total. The molecule has 1 aliphatic carbocycles. The van der Waals surface area contributed by atoms with E-state index >= 15 is 0 Å². The van der Waals surface area contributed by atoms with Gasteiger partial charge in [-0.1, -0.05) is 0 Å². The molecule has 2 aromatic rings. The molecular formula is C11H11N3O. The van der Waals surface area contributed by atoms with Crippen molar-refractivity contribution in [1.29, 1.82) is 0 Å². The van der Waals surface area contributed by atoms with E-state index in [0.29, 0.717) is 0 Å². The molecule has 3 rings (SSSR count). The first-order valence-electron chi connectivity index (χ1n) is 4.97. The van der Waals surface area contributed by atoms with Gasteiger partial charge in [-0.05, 0) is 31.0 Å². The third-order valence-corrected chi connectivity index (χ3v) is 3.12. The van der Waals surface area contributed by atoms with E-state index < -0.39 is 5.41 Å². The lowest BCUT2D eigenvalue weighted by Gasteiger charge is -2.09. The third kappa shape index (κ3) is 1.08. The van der Waals surface area contributed by atoms with Crippen LogP contribution in [-0.2, 0) is 10.2 Å². The minimum Gasteiger partial charge on any atom is -0.369 e. The van der Waals surface area contributed by atoms with Gasteiger partial charge in [0.15, 0.2) is 0 Å². The molecule has 1 aliphatic rings. The number of aromatic nitrogens is 2. The molecule has 1 amide bonds. The number of hydrogen-bond donors (Lipinski definition) is 2. The average molecular weight is 201 g/mol. The van der Waals surface area contributed by atoms with Gasteiger partial charge >= 0.3 is 0 Å². The largest absolute Gasteiger partial charge is 0.369 e. The van der Waals surface area contributed by atoms with Crippen molar-refractivity contribution < 1.29 is 4.79 Å². The number of aromatic amines is 1. The Balaban J connectivity index is 2.15. The second-order valence-corrected chi connectivity index (χ2v) is 4.06. The number of primary amides is 1. The molecule has 0 unspecified atom stereocenters. The topological polar surface area (TPSA) is 71.8 Å². The van der Waals surface area contributed by atoms with Gasteiger partial charge in [-0.25, -0.2) is 4.98 Å². The molecule has 0 aromatic carbocycles. The number of amides is 1. The van der Waals surface area contributed by atoms with Crippen molar-refractivity contribution in [2.45, 2.75) is 18.3 Å². The van der Waals surface area contributed by atoms with Gasteiger partial charge in [0.2, 0.25) is 5.91 Å². The van der Waals surface area contributed by atoms with Crippen LogP contribution in [0.15, 0.2) is 24.4 Å². The summed E-state index contributed by atoms with van der Waals surface area (Å²) in [6.07, 6.45) is 3.48. The molecule has 0 aliphatic heterocycles. The smallest absolute Gasteiger partial charge is 0.229 e. The molecule has 0 saturated heterocycles. The summed E-state index contributed by atoms with van der Waals surface area (Å²) in [4.78, 5) is 18.8. The zero-order valence-electron chi connectivity index (χ0n) is 8.16. The molecular weight excluding hydrogens is 190 g/mol. The molecule has 0 bridgehead atoms. The maximum absolute atomic E-state index is 11.3. The molecule has 2 heterocycles. The summed E-state index contributed by atoms with van der Waals surface area (Å²) < 4.78 is 0. The molecule has 4 heteroatoms. The second kappa shape index (κ2) is 2.59. The number of nitrogens with one attached hydrogen (secondary N) is 1. The Labute approximate surface area is 86.5 Å². The number of carbonyl (C=O) groups is 1. The van der Waals surface area contributed by atoms with E-state index in [-0.39, 0.29) is 5.91 Å². The maximum Gasteiger partial charge on any atom is 0.229 e. The summed E-state index contributed by atoms with van der Waals surface area (Å²) in [5.74, 6) is -0.263. The van der Waals surface area contributed by atoms with Crippen molar-refractivity contribution in [3.05, 3.63) is 30.1 Å². The maximum atomic E-state index is 11.3. The van der Waals surface area contributed by atoms with E-state index in [9.17, 15) is 4.79 Å². The van der Waals surface area contributed by atoms with Crippen LogP contribution in [-0.4, -0.2) is 15.9 Å². The van der Waals surface area contributed by atoms with Crippen molar-refractivity contribution in [2.75, 3.05) is 0 Å². The average Bonchev–Trinajstić information content (AvgIpc) is 2.91. The van der Waals surface area contributed by atoms with Crippen LogP contribution >= 0.6 is 0 Å². The predicted molar refractivity (Wildman–Crippen MR) is 56.2 cm³/mol. The van der Waals surface area contributed by atoms with Gasteiger partial charge in [0.05, 0.1) is 11.1 Å². The van der Waals surface area contributed by atoms with Crippen LogP contribution in [0, 0.1) is 0 Å². The normalized spacial score (nSPS) is 17.9. The summed E-state index contributed by atoms with van der Waals surface area (Å²) in [5, 5.41) is 1.05. The molecule has 0 radical (unpaired) electrons. The lowest BCUT2D eigenvalue weighted by Crippen LogP contribution is -2.29. The fourth-order valence-corrected chi connectivity index (χ4v) is 1.95. The first kappa shape index (κ1) is 8.47. The lowest BCUT2D eigenvalue weighted by atomic mass is 10.0. The van der Waals surface area contributed by atoms with Crippen molar-refractivity contribution in [2.24, 2.45) is 5.73 Å². The van der Waals surface area contributed by atoms with E-state index in [1.54, 1.807) is 0 Å². The summed E-state index contributed by atoms with van der Waals surface area (Å²) in [6, 6.07) is 5.82. The summed E-state index contributed by atoms with van der Waals surface area (Å²) >= 11 is 0. The molecule has 2 aromatic heterocycles.